The van der Waals surface area contributed by atoms with Gasteiger partial charge in [-0.1, -0.05) is 11.6 Å². The Morgan fingerprint density at radius 2 is 2.22 bits per heavy atom. The molecule has 1 aromatic carbocycles. The Kier molecular flexibility index (Phi) is 4.11. The van der Waals surface area contributed by atoms with E-state index in [2.05, 4.69) is 0 Å². The molecular weight excluding hydrogens is 292 g/mol. The van der Waals surface area contributed by atoms with Crippen molar-refractivity contribution in [2.24, 2.45) is 0 Å². The van der Waals surface area contributed by atoms with Gasteiger partial charge in [-0.05, 0) is 30.4 Å². The summed E-state index contributed by atoms with van der Waals surface area (Å²) in [5.74, 6) is 1.83. The van der Waals surface area contributed by atoms with Crippen LogP contribution in [0.1, 0.15) is 6.42 Å². The first kappa shape index (κ1) is 14.0. The molecule has 0 radical (unpaired) electrons. The van der Waals surface area contributed by atoms with Crippen molar-refractivity contribution in [3.05, 3.63) is 23.2 Å². The van der Waals surface area contributed by atoms with E-state index < -0.39 is 10.0 Å². The number of anilines is 1. The van der Waals surface area contributed by atoms with E-state index in [9.17, 15) is 8.42 Å². The molecule has 2 N–H and O–H groups in total. The van der Waals surface area contributed by atoms with Crippen LogP contribution in [0, 0.1) is 0 Å². The van der Waals surface area contributed by atoms with Gasteiger partial charge in [-0.15, -0.1) is 0 Å². The van der Waals surface area contributed by atoms with Crippen molar-refractivity contribution >= 4 is 39.1 Å². The summed E-state index contributed by atoms with van der Waals surface area (Å²) in [6.45, 7) is 0. The largest absolute Gasteiger partial charge is 0.398 e. The number of thioether (sulfide) groups is 1. The molecule has 1 aliphatic rings. The normalized spacial score (nSPS) is 20.5. The predicted molar refractivity (Wildman–Crippen MR) is 76.5 cm³/mol. The van der Waals surface area contributed by atoms with E-state index in [4.69, 9.17) is 17.3 Å². The average molecular weight is 307 g/mol. The van der Waals surface area contributed by atoms with Crippen molar-refractivity contribution in [2.75, 3.05) is 24.3 Å². The number of sulfonamides is 1. The van der Waals surface area contributed by atoms with Crippen molar-refractivity contribution in [1.29, 1.82) is 0 Å². The Hall–Kier alpha value is -0.430. The summed E-state index contributed by atoms with van der Waals surface area (Å²) in [6, 6.07) is 4.55. The molecular formula is C11H15ClN2O2S2. The Bertz CT molecular complexity index is 542. The molecule has 4 nitrogen and oxygen atoms in total. The van der Waals surface area contributed by atoms with E-state index in [1.807, 2.05) is 0 Å². The molecule has 1 atom stereocenters. The average Bonchev–Trinajstić information content (AvgIpc) is 2.84. The number of halogens is 1. The van der Waals surface area contributed by atoms with Crippen molar-refractivity contribution in [3.63, 3.8) is 0 Å². The first-order valence-corrected chi connectivity index (χ1v) is 8.51. The lowest BCUT2D eigenvalue weighted by molar-refractivity contribution is 0.395. The first-order chi connectivity index (χ1) is 8.43. The summed E-state index contributed by atoms with van der Waals surface area (Å²) in [4.78, 5) is 0.0920. The lowest BCUT2D eigenvalue weighted by atomic mass is 10.3. The molecule has 0 spiro atoms. The highest BCUT2D eigenvalue weighted by molar-refractivity contribution is 7.99. The van der Waals surface area contributed by atoms with Gasteiger partial charge in [-0.2, -0.15) is 16.1 Å². The zero-order valence-electron chi connectivity index (χ0n) is 9.97. The third kappa shape index (κ3) is 2.61. The van der Waals surface area contributed by atoms with Crippen LogP contribution in [-0.2, 0) is 10.0 Å². The highest BCUT2D eigenvalue weighted by atomic mass is 35.5. The Balaban J connectivity index is 2.37. The lowest BCUT2D eigenvalue weighted by Gasteiger charge is -2.23. The molecule has 1 aliphatic heterocycles. The number of nitrogen functional groups attached to an aromatic ring is 1. The highest BCUT2D eigenvalue weighted by Crippen LogP contribution is 2.29. The van der Waals surface area contributed by atoms with Gasteiger partial charge in [-0.3, -0.25) is 0 Å². The molecule has 2 rings (SSSR count). The van der Waals surface area contributed by atoms with Gasteiger partial charge in [0.05, 0.1) is 5.69 Å². The van der Waals surface area contributed by atoms with Gasteiger partial charge in [0.15, 0.2) is 0 Å². The third-order valence-corrected chi connectivity index (χ3v) is 6.40. The summed E-state index contributed by atoms with van der Waals surface area (Å²) in [5.41, 5.74) is 5.98. The van der Waals surface area contributed by atoms with Crippen LogP contribution in [-0.4, -0.2) is 37.3 Å². The number of rotatable bonds is 3. The standard InChI is InChI=1S/C11H15ClN2O2S2/c1-14(9-4-5-17-7-9)18(15,16)11-6-8(12)2-3-10(11)13/h2-3,6,9H,4-5,7,13H2,1H3. The van der Waals surface area contributed by atoms with Crippen LogP contribution in [0.15, 0.2) is 23.1 Å². The van der Waals surface area contributed by atoms with Gasteiger partial charge in [0.2, 0.25) is 10.0 Å². The van der Waals surface area contributed by atoms with Crippen LogP contribution in [0.2, 0.25) is 5.02 Å². The quantitative estimate of drug-likeness (QED) is 0.868. The number of nitrogens with two attached hydrogens (primary N) is 1. The number of hydrogen-bond donors (Lipinski definition) is 1. The second-order valence-electron chi connectivity index (χ2n) is 4.22. The monoisotopic (exact) mass is 306 g/mol. The van der Waals surface area contributed by atoms with Gasteiger partial charge >= 0.3 is 0 Å². The summed E-state index contributed by atoms with van der Waals surface area (Å²) < 4.78 is 26.4. The summed E-state index contributed by atoms with van der Waals surface area (Å²) in [6.07, 6.45) is 0.876. The maximum absolute atomic E-state index is 12.5. The van der Waals surface area contributed by atoms with E-state index in [1.165, 1.54) is 16.4 Å². The minimum Gasteiger partial charge on any atom is -0.398 e. The van der Waals surface area contributed by atoms with Crippen LogP contribution < -0.4 is 5.73 Å². The minimum absolute atomic E-state index is 0.0402. The van der Waals surface area contributed by atoms with E-state index in [0.717, 1.165) is 17.9 Å². The van der Waals surface area contributed by atoms with E-state index in [1.54, 1.807) is 24.9 Å². The van der Waals surface area contributed by atoms with Gasteiger partial charge < -0.3 is 5.73 Å². The van der Waals surface area contributed by atoms with Crippen LogP contribution in [0.5, 0.6) is 0 Å². The Labute approximate surface area is 117 Å². The van der Waals surface area contributed by atoms with E-state index in [0.29, 0.717) is 5.02 Å². The van der Waals surface area contributed by atoms with E-state index in [-0.39, 0.29) is 16.6 Å². The van der Waals surface area contributed by atoms with Gasteiger partial charge in [-0.25, -0.2) is 8.42 Å². The topological polar surface area (TPSA) is 63.4 Å². The SMILES string of the molecule is CN(C1CCSC1)S(=O)(=O)c1cc(Cl)ccc1N. The smallest absolute Gasteiger partial charge is 0.245 e. The Morgan fingerprint density at radius 3 is 2.83 bits per heavy atom. The van der Waals surface area contributed by atoms with Crippen molar-refractivity contribution < 1.29 is 8.42 Å². The fourth-order valence-electron chi connectivity index (χ4n) is 1.89. The van der Waals surface area contributed by atoms with Crippen molar-refractivity contribution in [2.45, 2.75) is 17.4 Å². The molecule has 100 valence electrons. The van der Waals surface area contributed by atoms with Gasteiger partial charge in [0.25, 0.3) is 0 Å². The van der Waals surface area contributed by atoms with Gasteiger partial charge in [0, 0.05) is 23.9 Å². The van der Waals surface area contributed by atoms with Gasteiger partial charge in [0.1, 0.15) is 4.90 Å². The summed E-state index contributed by atoms with van der Waals surface area (Å²) >= 11 is 7.61. The molecule has 1 aromatic rings. The van der Waals surface area contributed by atoms with Crippen LogP contribution in [0.4, 0.5) is 5.69 Å². The van der Waals surface area contributed by atoms with Crippen LogP contribution in [0.25, 0.3) is 0 Å². The molecule has 0 bridgehead atoms. The van der Waals surface area contributed by atoms with Crippen LogP contribution in [0.3, 0.4) is 0 Å². The molecule has 7 heteroatoms. The summed E-state index contributed by atoms with van der Waals surface area (Å²) in [5, 5.41) is 0.372. The van der Waals surface area contributed by atoms with E-state index >= 15 is 0 Å². The molecule has 1 saturated heterocycles. The van der Waals surface area contributed by atoms with Crippen LogP contribution >= 0.6 is 23.4 Å². The molecule has 0 aliphatic carbocycles. The number of nitrogens with zero attached hydrogens (tertiary/aromatic N) is 1. The lowest BCUT2D eigenvalue weighted by Crippen LogP contribution is -2.37. The number of hydrogen-bond acceptors (Lipinski definition) is 4. The fraction of sp³-hybridized carbons (Fsp3) is 0.455. The zero-order chi connectivity index (χ0) is 13.3. The minimum atomic E-state index is -3.57. The fourth-order valence-corrected chi connectivity index (χ4v) is 5.02. The third-order valence-electron chi connectivity index (χ3n) is 3.05. The van der Waals surface area contributed by atoms with Crippen molar-refractivity contribution in [1.82, 2.24) is 4.31 Å². The molecule has 1 unspecified atom stereocenters. The second kappa shape index (κ2) is 5.28. The molecule has 1 heterocycles. The highest BCUT2D eigenvalue weighted by Gasteiger charge is 2.31. The predicted octanol–water partition coefficient (Wildman–Crippen LogP) is 2.05. The molecule has 1 fully saturated rings. The van der Waals surface area contributed by atoms with Crippen molar-refractivity contribution in [3.8, 4) is 0 Å². The second-order valence-corrected chi connectivity index (χ2v) is 7.77. The maximum atomic E-state index is 12.5. The summed E-state index contributed by atoms with van der Waals surface area (Å²) in [7, 11) is -1.96. The molecule has 18 heavy (non-hydrogen) atoms. The first-order valence-electron chi connectivity index (χ1n) is 5.53. The maximum Gasteiger partial charge on any atom is 0.245 e. The molecule has 0 amide bonds. The molecule has 0 saturated carbocycles. The molecule has 0 aromatic heterocycles. The Morgan fingerprint density at radius 1 is 1.50 bits per heavy atom. The zero-order valence-corrected chi connectivity index (χ0v) is 12.4. The number of benzene rings is 1.